The number of halogens is 1. The summed E-state index contributed by atoms with van der Waals surface area (Å²) in [5, 5.41) is 0. The quantitative estimate of drug-likeness (QED) is 0.875. The van der Waals surface area contributed by atoms with Gasteiger partial charge in [0.25, 0.3) is 0 Å². The Labute approximate surface area is 111 Å². The number of hydrogen-bond donors (Lipinski definition) is 1. The molecule has 1 heterocycles. The van der Waals surface area contributed by atoms with Crippen molar-refractivity contribution in [2.75, 3.05) is 20.1 Å². The zero-order valence-corrected chi connectivity index (χ0v) is 12.6. The van der Waals surface area contributed by atoms with Gasteiger partial charge in [0.05, 0.1) is 3.79 Å². The molecule has 2 nitrogen and oxygen atoms in total. The van der Waals surface area contributed by atoms with Gasteiger partial charge in [-0.1, -0.05) is 13.8 Å². The Morgan fingerprint density at radius 1 is 1.44 bits per heavy atom. The molecule has 0 saturated carbocycles. The van der Waals surface area contributed by atoms with Gasteiger partial charge >= 0.3 is 0 Å². The molecule has 0 amide bonds. The summed E-state index contributed by atoms with van der Waals surface area (Å²) in [6, 6.07) is 4.79. The second kappa shape index (κ2) is 6.74. The van der Waals surface area contributed by atoms with E-state index in [9.17, 15) is 0 Å². The van der Waals surface area contributed by atoms with Crippen molar-refractivity contribution < 1.29 is 0 Å². The van der Waals surface area contributed by atoms with E-state index >= 15 is 0 Å². The summed E-state index contributed by atoms with van der Waals surface area (Å²) in [4.78, 5) is 3.80. The molecule has 0 saturated heterocycles. The molecule has 92 valence electrons. The van der Waals surface area contributed by atoms with Crippen LogP contribution < -0.4 is 5.73 Å². The van der Waals surface area contributed by atoms with Crippen molar-refractivity contribution in [2.45, 2.75) is 26.3 Å². The maximum absolute atomic E-state index is 5.80. The second-order valence-corrected chi connectivity index (χ2v) is 7.03. The third-order valence-corrected chi connectivity index (χ3v) is 4.60. The van der Waals surface area contributed by atoms with Gasteiger partial charge in [-0.2, -0.15) is 0 Å². The van der Waals surface area contributed by atoms with E-state index in [2.05, 4.69) is 53.9 Å². The third kappa shape index (κ3) is 4.17. The van der Waals surface area contributed by atoms with Crippen LogP contribution in [0.2, 0.25) is 0 Å². The molecule has 0 aliphatic rings. The largest absolute Gasteiger partial charge is 0.329 e. The lowest BCUT2D eigenvalue weighted by molar-refractivity contribution is 0.200. The van der Waals surface area contributed by atoms with E-state index in [0.717, 1.165) is 19.5 Å². The summed E-state index contributed by atoms with van der Waals surface area (Å²) < 4.78 is 1.21. The molecule has 16 heavy (non-hydrogen) atoms. The number of nitrogens with zero attached hydrogens (tertiary/aromatic N) is 1. The van der Waals surface area contributed by atoms with Gasteiger partial charge in [0, 0.05) is 24.0 Å². The molecular formula is C12H21BrN2S. The van der Waals surface area contributed by atoms with Crippen LogP contribution in [0.4, 0.5) is 0 Å². The van der Waals surface area contributed by atoms with Gasteiger partial charge in [0.2, 0.25) is 0 Å². The van der Waals surface area contributed by atoms with Gasteiger partial charge < -0.3 is 10.6 Å². The van der Waals surface area contributed by atoms with Crippen LogP contribution >= 0.6 is 27.3 Å². The van der Waals surface area contributed by atoms with E-state index in [-0.39, 0.29) is 0 Å². The lowest BCUT2D eigenvalue weighted by Crippen LogP contribution is -2.42. The Morgan fingerprint density at radius 2 is 2.12 bits per heavy atom. The molecule has 0 aliphatic heterocycles. The van der Waals surface area contributed by atoms with Crippen molar-refractivity contribution >= 4 is 27.3 Å². The highest BCUT2D eigenvalue weighted by Crippen LogP contribution is 2.22. The van der Waals surface area contributed by atoms with Crippen LogP contribution in [0.1, 0.15) is 18.7 Å². The van der Waals surface area contributed by atoms with E-state index in [1.54, 1.807) is 0 Å². The van der Waals surface area contributed by atoms with Crippen LogP contribution in [0.3, 0.4) is 0 Å². The zero-order chi connectivity index (χ0) is 12.1. The first-order valence-corrected chi connectivity index (χ1v) is 7.30. The SMILES string of the molecule is CC(C)C(CN)N(C)CCc1ccc(Br)s1. The fourth-order valence-electron chi connectivity index (χ4n) is 1.90. The minimum absolute atomic E-state index is 0.489. The van der Waals surface area contributed by atoms with Crippen molar-refractivity contribution in [2.24, 2.45) is 11.7 Å². The molecule has 1 aromatic heterocycles. The summed E-state index contributed by atoms with van der Waals surface area (Å²) in [5.74, 6) is 0.616. The molecule has 0 aliphatic carbocycles. The van der Waals surface area contributed by atoms with Gasteiger partial charge in [0.15, 0.2) is 0 Å². The fourth-order valence-corrected chi connectivity index (χ4v) is 3.37. The van der Waals surface area contributed by atoms with Crippen LogP contribution in [0, 0.1) is 5.92 Å². The lowest BCUT2D eigenvalue weighted by atomic mass is 10.0. The number of rotatable bonds is 6. The molecule has 0 fully saturated rings. The monoisotopic (exact) mass is 304 g/mol. The number of hydrogen-bond acceptors (Lipinski definition) is 3. The lowest BCUT2D eigenvalue weighted by Gasteiger charge is -2.29. The predicted molar refractivity (Wildman–Crippen MR) is 76.0 cm³/mol. The highest BCUT2D eigenvalue weighted by molar-refractivity contribution is 9.11. The van der Waals surface area contributed by atoms with Crippen molar-refractivity contribution in [1.82, 2.24) is 4.90 Å². The minimum Gasteiger partial charge on any atom is -0.329 e. The topological polar surface area (TPSA) is 29.3 Å². The van der Waals surface area contributed by atoms with Crippen molar-refractivity contribution in [1.29, 1.82) is 0 Å². The van der Waals surface area contributed by atoms with Crippen LogP contribution in [0.5, 0.6) is 0 Å². The molecule has 1 aromatic rings. The third-order valence-electron chi connectivity index (χ3n) is 2.92. The molecule has 1 atom stereocenters. The standard InChI is InChI=1S/C12H21BrN2S/c1-9(2)11(8-14)15(3)7-6-10-4-5-12(13)16-10/h4-5,9,11H,6-8,14H2,1-3H3. The maximum Gasteiger partial charge on any atom is 0.0701 e. The summed E-state index contributed by atoms with van der Waals surface area (Å²) in [6.45, 7) is 6.28. The smallest absolute Gasteiger partial charge is 0.0701 e. The molecule has 0 spiro atoms. The van der Waals surface area contributed by atoms with E-state index in [0.29, 0.717) is 12.0 Å². The highest BCUT2D eigenvalue weighted by atomic mass is 79.9. The van der Waals surface area contributed by atoms with E-state index in [1.807, 2.05) is 11.3 Å². The van der Waals surface area contributed by atoms with Gasteiger partial charge in [0.1, 0.15) is 0 Å². The second-order valence-electron chi connectivity index (χ2n) is 4.48. The average molecular weight is 305 g/mol. The van der Waals surface area contributed by atoms with E-state index in [4.69, 9.17) is 5.73 Å². The van der Waals surface area contributed by atoms with E-state index < -0.39 is 0 Å². The Bertz CT molecular complexity index is 312. The van der Waals surface area contributed by atoms with Gasteiger partial charge in [-0.05, 0) is 47.4 Å². The molecule has 1 unspecified atom stereocenters. The highest BCUT2D eigenvalue weighted by Gasteiger charge is 2.16. The first-order valence-electron chi connectivity index (χ1n) is 5.69. The van der Waals surface area contributed by atoms with Gasteiger partial charge in [-0.25, -0.2) is 0 Å². The van der Waals surface area contributed by atoms with Crippen LogP contribution in [-0.4, -0.2) is 31.1 Å². The Hall–Kier alpha value is 0.1000. The van der Waals surface area contributed by atoms with Crippen LogP contribution in [-0.2, 0) is 6.42 Å². The normalized spacial score (nSPS) is 13.7. The van der Waals surface area contributed by atoms with Crippen LogP contribution in [0.25, 0.3) is 0 Å². The number of thiophene rings is 1. The number of likely N-dealkylation sites (N-methyl/N-ethyl adjacent to an activating group) is 1. The molecule has 2 N–H and O–H groups in total. The van der Waals surface area contributed by atoms with Gasteiger partial charge in [-0.3, -0.25) is 0 Å². The van der Waals surface area contributed by atoms with Crippen molar-refractivity contribution in [3.8, 4) is 0 Å². The molecule has 1 rings (SSSR count). The zero-order valence-electron chi connectivity index (χ0n) is 10.2. The maximum atomic E-state index is 5.80. The Morgan fingerprint density at radius 3 is 2.56 bits per heavy atom. The van der Waals surface area contributed by atoms with Gasteiger partial charge in [-0.15, -0.1) is 11.3 Å². The predicted octanol–water partition coefficient (Wildman–Crippen LogP) is 2.97. The fraction of sp³-hybridized carbons (Fsp3) is 0.667. The summed E-state index contributed by atoms with van der Waals surface area (Å²) in [7, 11) is 2.17. The van der Waals surface area contributed by atoms with Crippen LogP contribution in [0.15, 0.2) is 15.9 Å². The Kier molecular flexibility index (Phi) is 5.97. The first kappa shape index (κ1) is 14.2. The molecule has 0 radical (unpaired) electrons. The number of nitrogens with two attached hydrogens (primary N) is 1. The van der Waals surface area contributed by atoms with E-state index in [1.165, 1.54) is 8.66 Å². The first-order chi connectivity index (χ1) is 7.54. The molecular weight excluding hydrogens is 284 g/mol. The van der Waals surface area contributed by atoms with Crippen molar-refractivity contribution in [3.63, 3.8) is 0 Å². The Balaban J connectivity index is 2.42. The molecule has 0 bridgehead atoms. The molecule has 0 aromatic carbocycles. The minimum atomic E-state index is 0.489. The average Bonchev–Trinajstić information content (AvgIpc) is 2.62. The molecule has 4 heteroatoms. The van der Waals surface area contributed by atoms with Crippen molar-refractivity contribution in [3.05, 3.63) is 20.8 Å². The summed E-state index contributed by atoms with van der Waals surface area (Å²) >= 11 is 5.31. The summed E-state index contributed by atoms with van der Waals surface area (Å²) in [6.07, 6.45) is 1.11. The summed E-state index contributed by atoms with van der Waals surface area (Å²) in [5.41, 5.74) is 5.80.